The lowest BCUT2D eigenvalue weighted by molar-refractivity contribution is 0.101. The number of hydrogen-bond donors (Lipinski definition) is 1. The van der Waals surface area contributed by atoms with Gasteiger partial charge < -0.3 is 5.32 Å². The van der Waals surface area contributed by atoms with Crippen molar-refractivity contribution in [1.29, 1.82) is 0 Å². The van der Waals surface area contributed by atoms with Crippen molar-refractivity contribution in [3.05, 3.63) is 65.0 Å². The van der Waals surface area contributed by atoms with E-state index < -0.39 is 11.7 Å². The third-order valence-electron chi connectivity index (χ3n) is 2.97. The van der Waals surface area contributed by atoms with Crippen LogP contribution in [0.5, 0.6) is 0 Å². The van der Waals surface area contributed by atoms with Crippen LogP contribution in [0.3, 0.4) is 0 Å². The average Bonchev–Trinajstić information content (AvgIpc) is 2.41. The van der Waals surface area contributed by atoms with Gasteiger partial charge in [0.15, 0.2) is 5.78 Å². The molecule has 2 rings (SSSR count). The minimum atomic E-state index is -0.460. The van der Waals surface area contributed by atoms with E-state index in [0.717, 1.165) is 0 Å². The van der Waals surface area contributed by atoms with E-state index in [1.54, 1.807) is 37.3 Å². The van der Waals surface area contributed by atoms with Crippen LogP contribution >= 0.6 is 0 Å². The van der Waals surface area contributed by atoms with E-state index in [1.807, 2.05) is 0 Å². The number of carbonyl (C=O) groups excluding carboxylic acids is 2. The van der Waals surface area contributed by atoms with E-state index in [1.165, 1.54) is 19.1 Å². The molecular weight excluding hydrogens is 257 g/mol. The molecule has 1 amide bonds. The minimum Gasteiger partial charge on any atom is -0.322 e. The van der Waals surface area contributed by atoms with Crippen LogP contribution in [0.1, 0.15) is 33.2 Å². The maximum absolute atomic E-state index is 13.2. The smallest absolute Gasteiger partial charge is 0.256 e. The lowest BCUT2D eigenvalue weighted by Gasteiger charge is -2.08. The standard InChI is InChI=1S/C16H14FNO2/c1-10-6-7-13(17)9-15(10)16(20)18-14-5-3-4-12(8-14)11(2)19/h3-9H,1-2H3,(H,18,20). The highest BCUT2D eigenvalue weighted by atomic mass is 19.1. The lowest BCUT2D eigenvalue weighted by atomic mass is 10.1. The Morgan fingerprint density at radius 3 is 2.55 bits per heavy atom. The van der Waals surface area contributed by atoms with E-state index in [4.69, 9.17) is 0 Å². The number of hydrogen-bond acceptors (Lipinski definition) is 2. The van der Waals surface area contributed by atoms with Crippen LogP contribution < -0.4 is 5.32 Å². The lowest BCUT2D eigenvalue weighted by Crippen LogP contribution is -2.14. The summed E-state index contributed by atoms with van der Waals surface area (Å²) in [6.45, 7) is 3.19. The third kappa shape index (κ3) is 3.09. The highest BCUT2D eigenvalue weighted by Crippen LogP contribution is 2.15. The summed E-state index contributed by atoms with van der Waals surface area (Å²) in [6.07, 6.45) is 0. The van der Waals surface area contributed by atoms with Crippen molar-refractivity contribution in [1.82, 2.24) is 0 Å². The zero-order valence-corrected chi connectivity index (χ0v) is 11.2. The Balaban J connectivity index is 2.25. The van der Waals surface area contributed by atoms with Gasteiger partial charge in [0.25, 0.3) is 5.91 Å². The fourth-order valence-electron chi connectivity index (χ4n) is 1.85. The van der Waals surface area contributed by atoms with Gasteiger partial charge in [-0.2, -0.15) is 0 Å². The molecule has 102 valence electrons. The summed E-state index contributed by atoms with van der Waals surface area (Å²) < 4.78 is 13.2. The number of ketones is 1. The van der Waals surface area contributed by atoms with E-state index in [2.05, 4.69) is 5.32 Å². The van der Waals surface area contributed by atoms with E-state index >= 15 is 0 Å². The average molecular weight is 271 g/mol. The summed E-state index contributed by atoms with van der Waals surface area (Å²) in [5.74, 6) is -0.941. The number of amides is 1. The first-order chi connectivity index (χ1) is 9.47. The molecule has 20 heavy (non-hydrogen) atoms. The number of benzene rings is 2. The maximum Gasteiger partial charge on any atom is 0.256 e. The SMILES string of the molecule is CC(=O)c1cccc(NC(=O)c2cc(F)ccc2C)c1. The zero-order valence-electron chi connectivity index (χ0n) is 11.2. The molecule has 0 bridgehead atoms. The molecule has 0 heterocycles. The first-order valence-electron chi connectivity index (χ1n) is 6.16. The molecule has 0 aliphatic heterocycles. The molecule has 2 aromatic rings. The largest absolute Gasteiger partial charge is 0.322 e. The molecule has 0 aliphatic rings. The number of halogens is 1. The fraction of sp³-hybridized carbons (Fsp3) is 0.125. The summed E-state index contributed by atoms with van der Waals surface area (Å²) in [5.41, 5.74) is 1.98. The van der Waals surface area contributed by atoms with Gasteiger partial charge >= 0.3 is 0 Å². The Kier molecular flexibility index (Phi) is 3.94. The van der Waals surface area contributed by atoms with Crippen LogP contribution in [0.4, 0.5) is 10.1 Å². The first kappa shape index (κ1) is 13.9. The molecule has 0 fully saturated rings. The normalized spacial score (nSPS) is 10.2. The van der Waals surface area contributed by atoms with Crippen molar-refractivity contribution in [2.24, 2.45) is 0 Å². The summed E-state index contributed by atoms with van der Waals surface area (Å²) in [7, 11) is 0. The van der Waals surface area contributed by atoms with Crippen molar-refractivity contribution in [2.75, 3.05) is 5.32 Å². The minimum absolute atomic E-state index is 0.0805. The number of rotatable bonds is 3. The molecule has 0 saturated carbocycles. The zero-order chi connectivity index (χ0) is 14.7. The van der Waals surface area contributed by atoms with E-state index in [9.17, 15) is 14.0 Å². The third-order valence-corrected chi connectivity index (χ3v) is 2.97. The second-order valence-electron chi connectivity index (χ2n) is 4.55. The van der Waals surface area contributed by atoms with Crippen LogP contribution in [0, 0.1) is 12.7 Å². The Morgan fingerprint density at radius 1 is 1.10 bits per heavy atom. The van der Waals surface area contributed by atoms with Gasteiger partial charge in [0.2, 0.25) is 0 Å². The van der Waals surface area contributed by atoms with Crippen LogP contribution in [-0.4, -0.2) is 11.7 Å². The Hall–Kier alpha value is -2.49. The molecular formula is C16H14FNO2. The number of Topliss-reactive ketones (excluding diaryl/α,β-unsaturated/α-hetero) is 1. The Bertz CT molecular complexity index is 680. The summed E-state index contributed by atoms with van der Waals surface area (Å²) >= 11 is 0. The molecule has 0 unspecified atom stereocenters. The maximum atomic E-state index is 13.2. The van der Waals surface area contributed by atoms with Gasteiger partial charge in [-0.05, 0) is 43.7 Å². The summed E-state index contributed by atoms with van der Waals surface area (Å²) in [5, 5.41) is 2.66. The van der Waals surface area contributed by atoms with E-state index in [0.29, 0.717) is 16.8 Å². The molecule has 1 N–H and O–H groups in total. The molecule has 0 saturated heterocycles. The Morgan fingerprint density at radius 2 is 1.85 bits per heavy atom. The molecule has 0 radical (unpaired) electrons. The molecule has 2 aromatic carbocycles. The molecule has 0 aromatic heterocycles. The number of nitrogens with one attached hydrogen (secondary N) is 1. The monoisotopic (exact) mass is 271 g/mol. The van der Waals surface area contributed by atoms with Gasteiger partial charge in [0, 0.05) is 16.8 Å². The quantitative estimate of drug-likeness (QED) is 0.867. The molecule has 0 atom stereocenters. The predicted octanol–water partition coefficient (Wildman–Crippen LogP) is 3.59. The van der Waals surface area contributed by atoms with Gasteiger partial charge in [-0.1, -0.05) is 18.2 Å². The van der Waals surface area contributed by atoms with Gasteiger partial charge in [-0.15, -0.1) is 0 Å². The van der Waals surface area contributed by atoms with Crippen molar-refractivity contribution < 1.29 is 14.0 Å². The van der Waals surface area contributed by atoms with Gasteiger partial charge in [-0.25, -0.2) is 4.39 Å². The first-order valence-corrected chi connectivity index (χ1v) is 6.16. The predicted molar refractivity (Wildman–Crippen MR) is 75.5 cm³/mol. The van der Waals surface area contributed by atoms with Crippen LogP contribution in [0.2, 0.25) is 0 Å². The highest BCUT2D eigenvalue weighted by molar-refractivity contribution is 6.06. The second-order valence-corrected chi connectivity index (χ2v) is 4.55. The van der Waals surface area contributed by atoms with Gasteiger partial charge in [-0.3, -0.25) is 9.59 Å². The fourth-order valence-corrected chi connectivity index (χ4v) is 1.85. The number of anilines is 1. The summed E-state index contributed by atoms with van der Waals surface area (Å²) in [6, 6.07) is 10.7. The number of aryl methyl sites for hydroxylation is 1. The van der Waals surface area contributed by atoms with Crippen molar-refractivity contribution in [2.45, 2.75) is 13.8 Å². The van der Waals surface area contributed by atoms with E-state index in [-0.39, 0.29) is 11.3 Å². The second kappa shape index (κ2) is 5.65. The summed E-state index contributed by atoms with van der Waals surface area (Å²) in [4.78, 5) is 23.4. The highest BCUT2D eigenvalue weighted by Gasteiger charge is 2.11. The van der Waals surface area contributed by atoms with Crippen LogP contribution in [-0.2, 0) is 0 Å². The van der Waals surface area contributed by atoms with Gasteiger partial charge in [0.05, 0.1) is 0 Å². The van der Waals surface area contributed by atoms with Crippen molar-refractivity contribution >= 4 is 17.4 Å². The van der Waals surface area contributed by atoms with Crippen molar-refractivity contribution in [3.63, 3.8) is 0 Å². The molecule has 0 aliphatic carbocycles. The van der Waals surface area contributed by atoms with Crippen molar-refractivity contribution in [3.8, 4) is 0 Å². The molecule has 3 nitrogen and oxygen atoms in total. The molecule has 4 heteroatoms. The van der Waals surface area contributed by atoms with Gasteiger partial charge in [0.1, 0.15) is 5.82 Å². The number of carbonyl (C=O) groups is 2. The molecule has 0 spiro atoms. The Labute approximate surface area is 116 Å². The topological polar surface area (TPSA) is 46.2 Å². The van der Waals surface area contributed by atoms with Crippen LogP contribution in [0.15, 0.2) is 42.5 Å². The van der Waals surface area contributed by atoms with Crippen LogP contribution in [0.25, 0.3) is 0 Å².